The van der Waals surface area contributed by atoms with E-state index < -0.39 is 0 Å². The van der Waals surface area contributed by atoms with Gasteiger partial charge in [0.05, 0.1) is 0 Å². The zero-order valence-corrected chi connectivity index (χ0v) is 8.84. The van der Waals surface area contributed by atoms with Crippen molar-refractivity contribution in [2.24, 2.45) is 11.8 Å². The molecule has 2 atom stereocenters. The lowest BCUT2D eigenvalue weighted by Crippen LogP contribution is -2.35. The number of unbranched alkanes of at least 4 members (excludes halogenated alkanes) is 1. The quantitative estimate of drug-likeness (QED) is 0.587. The van der Waals surface area contributed by atoms with Crippen molar-refractivity contribution in [3.63, 3.8) is 0 Å². The number of hydrogen-bond acceptors (Lipinski definition) is 0. The maximum Gasteiger partial charge on any atom is 0.145 e. The molecular formula is C12H22N+. The van der Waals surface area contributed by atoms with Crippen LogP contribution >= 0.6 is 0 Å². The van der Waals surface area contributed by atoms with Crippen LogP contribution in [0.5, 0.6) is 0 Å². The minimum Gasteiger partial charge on any atom is -0.239 e. The van der Waals surface area contributed by atoms with Crippen molar-refractivity contribution in [3.05, 3.63) is 0 Å². The van der Waals surface area contributed by atoms with Gasteiger partial charge in [-0.05, 0) is 19.3 Å². The van der Waals surface area contributed by atoms with E-state index >= 15 is 0 Å². The zero-order chi connectivity index (χ0) is 9.10. The molecule has 2 rings (SSSR count). The summed E-state index contributed by atoms with van der Waals surface area (Å²) in [4.78, 5) is 0. The summed E-state index contributed by atoms with van der Waals surface area (Å²) in [7, 11) is 0. The van der Waals surface area contributed by atoms with E-state index in [0.717, 1.165) is 11.8 Å². The molecule has 1 fully saturated rings. The fraction of sp³-hybridized carbons (Fsp3) is 0.917. The van der Waals surface area contributed by atoms with E-state index in [1.165, 1.54) is 51.6 Å². The third-order valence-electron chi connectivity index (χ3n) is 3.54. The Morgan fingerprint density at radius 1 is 1.38 bits per heavy atom. The van der Waals surface area contributed by atoms with Gasteiger partial charge in [-0.15, -0.1) is 0 Å². The first-order chi connectivity index (χ1) is 6.38. The predicted octanol–water partition coefficient (Wildman–Crippen LogP) is 2.69. The van der Waals surface area contributed by atoms with Crippen LogP contribution in [-0.4, -0.2) is 23.9 Å². The molecule has 0 N–H and O–H groups in total. The molecule has 1 heterocycles. The Hall–Kier alpha value is -0.330. The largest absolute Gasteiger partial charge is 0.239 e. The normalized spacial score (nSPS) is 32.8. The molecule has 74 valence electrons. The molecule has 1 nitrogen and oxygen atoms in total. The lowest BCUT2D eigenvalue weighted by Gasteiger charge is -2.29. The van der Waals surface area contributed by atoms with Gasteiger partial charge in [-0.3, -0.25) is 0 Å². The van der Waals surface area contributed by atoms with Crippen molar-refractivity contribution < 1.29 is 4.58 Å². The number of nitrogens with zero attached hydrogens (tertiary/aromatic N) is 1. The van der Waals surface area contributed by atoms with Gasteiger partial charge in [0.15, 0.2) is 0 Å². The maximum atomic E-state index is 2.60. The second-order valence-electron chi connectivity index (χ2n) is 4.79. The number of hydrogen-bond donors (Lipinski definition) is 0. The topological polar surface area (TPSA) is 3.01 Å². The fourth-order valence-electron chi connectivity index (χ4n) is 2.85. The van der Waals surface area contributed by atoms with Crippen LogP contribution in [0.15, 0.2) is 0 Å². The van der Waals surface area contributed by atoms with Gasteiger partial charge in [0, 0.05) is 18.3 Å². The van der Waals surface area contributed by atoms with Crippen molar-refractivity contribution >= 4 is 6.21 Å². The Morgan fingerprint density at radius 2 is 2.31 bits per heavy atom. The Bertz CT molecular complexity index is 195. The van der Waals surface area contributed by atoms with Gasteiger partial charge in [0.2, 0.25) is 0 Å². The summed E-state index contributed by atoms with van der Waals surface area (Å²) in [6.45, 7) is 4.95. The van der Waals surface area contributed by atoms with Gasteiger partial charge in [-0.25, -0.2) is 4.58 Å². The molecule has 1 aliphatic heterocycles. The second kappa shape index (κ2) is 4.26. The summed E-state index contributed by atoms with van der Waals surface area (Å²) < 4.78 is 2.60. The summed E-state index contributed by atoms with van der Waals surface area (Å²) in [6.07, 6.45) is 11.2. The van der Waals surface area contributed by atoms with Crippen LogP contribution < -0.4 is 0 Å². The van der Waals surface area contributed by atoms with E-state index in [-0.39, 0.29) is 0 Å². The van der Waals surface area contributed by atoms with Crippen LogP contribution in [0.1, 0.15) is 45.4 Å². The van der Waals surface area contributed by atoms with Crippen LogP contribution in [0, 0.1) is 11.8 Å². The molecule has 1 aliphatic carbocycles. The maximum absolute atomic E-state index is 2.60. The minimum atomic E-state index is 0.935. The number of fused-ring (bicyclic) bond motifs is 2. The first kappa shape index (κ1) is 9.23. The number of rotatable bonds is 3. The van der Waals surface area contributed by atoms with E-state index in [1.807, 2.05) is 0 Å². The molecule has 0 aromatic heterocycles. The van der Waals surface area contributed by atoms with Gasteiger partial charge in [0.25, 0.3) is 0 Å². The van der Waals surface area contributed by atoms with Crippen LogP contribution in [-0.2, 0) is 0 Å². The predicted molar refractivity (Wildman–Crippen MR) is 56.4 cm³/mol. The molecule has 0 saturated heterocycles. The lowest BCUT2D eigenvalue weighted by molar-refractivity contribution is -0.539. The highest BCUT2D eigenvalue weighted by Gasteiger charge is 2.30. The molecule has 2 aliphatic rings. The SMILES string of the molecule is CCCC[N+]1=C[C@@H]2CCC[C@@H](C2)C1. The molecule has 1 heteroatoms. The third kappa shape index (κ3) is 2.32. The summed E-state index contributed by atoms with van der Waals surface area (Å²) in [5, 5.41) is 0. The van der Waals surface area contributed by atoms with Crippen LogP contribution in [0.4, 0.5) is 0 Å². The van der Waals surface area contributed by atoms with Gasteiger partial charge in [-0.2, -0.15) is 0 Å². The first-order valence-electron chi connectivity index (χ1n) is 5.97. The van der Waals surface area contributed by atoms with Crippen molar-refractivity contribution in [2.45, 2.75) is 45.4 Å². The molecule has 0 aromatic rings. The van der Waals surface area contributed by atoms with E-state index in [2.05, 4.69) is 17.7 Å². The lowest BCUT2D eigenvalue weighted by atomic mass is 9.80. The highest BCUT2D eigenvalue weighted by molar-refractivity contribution is 5.56. The monoisotopic (exact) mass is 180 g/mol. The van der Waals surface area contributed by atoms with Gasteiger partial charge in [-0.1, -0.05) is 19.8 Å². The van der Waals surface area contributed by atoms with Crippen LogP contribution in [0.25, 0.3) is 0 Å². The zero-order valence-electron chi connectivity index (χ0n) is 8.84. The third-order valence-corrected chi connectivity index (χ3v) is 3.54. The molecule has 13 heavy (non-hydrogen) atoms. The van der Waals surface area contributed by atoms with Crippen molar-refractivity contribution in [3.8, 4) is 0 Å². The molecule has 0 aromatic carbocycles. The van der Waals surface area contributed by atoms with Gasteiger partial charge >= 0.3 is 0 Å². The molecule has 0 unspecified atom stereocenters. The molecule has 2 bridgehead atoms. The smallest absolute Gasteiger partial charge is 0.145 e. The van der Waals surface area contributed by atoms with Gasteiger partial charge < -0.3 is 0 Å². The summed E-state index contributed by atoms with van der Waals surface area (Å²) in [5.41, 5.74) is 0. The summed E-state index contributed by atoms with van der Waals surface area (Å²) in [5.74, 6) is 1.96. The highest BCUT2D eigenvalue weighted by Crippen LogP contribution is 2.30. The average molecular weight is 180 g/mol. The standard InChI is InChI=1S/C12H22N/c1-2-3-7-13-9-11-5-4-6-12(8-11)10-13/h9,11-12H,2-8,10H2,1H3/q+1/t11-,12+/m1/s1. The molecule has 1 saturated carbocycles. The fourth-order valence-corrected chi connectivity index (χ4v) is 2.85. The van der Waals surface area contributed by atoms with Crippen LogP contribution in [0.3, 0.4) is 0 Å². The van der Waals surface area contributed by atoms with Crippen molar-refractivity contribution in [2.75, 3.05) is 13.1 Å². The molecule has 0 radical (unpaired) electrons. The van der Waals surface area contributed by atoms with Crippen molar-refractivity contribution in [1.29, 1.82) is 0 Å². The Balaban J connectivity index is 1.92. The second-order valence-corrected chi connectivity index (χ2v) is 4.79. The molecule has 0 spiro atoms. The van der Waals surface area contributed by atoms with E-state index in [4.69, 9.17) is 0 Å². The first-order valence-corrected chi connectivity index (χ1v) is 5.97. The average Bonchev–Trinajstić information content (AvgIpc) is 2.14. The van der Waals surface area contributed by atoms with E-state index in [1.54, 1.807) is 0 Å². The highest BCUT2D eigenvalue weighted by atomic mass is 15.0. The summed E-state index contributed by atoms with van der Waals surface area (Å²) in [6, 6.07) is 0. The van der Waals surface area contributed by atoms with Crippen LogP contribution in [0.2, 0.25) is 0 Å². The molecular weight excluding hydrogens is 158 g/mol. The minimum absolute atomic E-state index is 0.935. The van der Waals surface area contributed by atoms with E-state index in [0.29, 0.717) is 0 Å². The Labute approximate surface area is 81.8 Å². The van der Waals surface area contributed by atoms with Gasteiger partial charge in [0.1, 0.15) is 19.3 Å². The molecule has 0 amide bonds. The Kier molecular flexibility index (Phi) is 3.02. The van der Waals surface area contributed by atoms with E-state index in [9.17, 15) is 0 Å². The van der Waals surface area contributed by atoms with Crippen molar-refractivity contribution in [1.82, 2.24) is 0 Å². The summed E-state index contributed by atoms with van der Waals surface area (Å²) >= 11 is 0. The Morgan fingerprint density at radius 3 is 3.08 bits per heavy atom.